The van der Waals surface area contributed by atoms with Gasteiger partial charge in [0.1, 0.15) is 5.41 Å². The second kappa shape index (κ2) is 8.38. The molecule has 0 aromatic heterocycles. The van der Waals surface area contributed by atoms with Crippen molar-refractivity contribution in [1.82, 2.24) is 9.80 Å². The fourth-order valence-corrected chi connectivity index (χ4v) is 3.05. The van der Waals surface area contributed by atoms with E-state index >= 15 is 0 Å². The summed E-state index contributed by atoms with van der Waals surface area (Å²) < 4.78 is 0. The Kier molecular flexibility index (Phi) is 7.17. The van der Waals surface area contributed by atoms with Crippen LogP contribution in [0.1, 0.15) is 52.4 Å². The first-order valence-electron chi connectivity index (χ1n) is 8.26. The third kappa shape index (κ3) is 5.32. The summed E-state index contributed by atoms with van der Waals surface area (Å²) >= 11 is 0. The monoisotopic (exact) mass is 293 g/mol. The highest BCUT2D eigenvalue weighted by Gasteiger charge is 2.41. The van der Waals surface area contributed by atoms with Crippen molar-refractivity contribution in [1.29, 1.82) is 5.26 Å². The number of amides is 1. The van der Waals surface area contributed by atoms with Crippen LogP contribution in [-0.2, 0) is 4.79 Å². The highest BCUT2D eigenvalue weighted by atomic mass is 16.2. The van der Waals surface area contributed by atoms with Crippen molar-refractivity contribution in [2.45, 2.75) is 52.4 Å². The molecule has 1 rings (SSSR count). The molecule has 0 N–H and O–H groups in total. The summed E-state index contributed by atoms with van der Waals surface area (Å²) in [5, 5.41) is 9.69. The van der Waals surface area contributed by atoms with Gasteiger partial charge in [0.15, 0.2) is 0 Å². The van der Waals surface area contributed by atoms with Crippen LogP contribution in [0.25, 0.3) is 0 Å². The van der Waals surface area contributed by atoms with Gasteiger partial charge in [-0.3, -0.25) is 4.79 Å². The van der Waals surface area contributed by atoms with Crippen LogP contribution >= 0.6 is 0 Å². The SMILES string of the molecule is CC(C)CN(CCN(C)C)C(=O)C1(C#N)CCCCCC1. The van der Waals surface area contributed by atoms with Gasteiger partial charge in [-0.15, -0.1) is 0 Å². The minimum atomic E-state index is -0.766. The van der Waals surface area contributed by atoms with E-state index in [-0.39, 0.29) is 5.91 Å². The lowest BCUT2D eigenvalue weighted by Crippen LogP contribution is -2.47. The molecular weight excluding hydrogens is 262 g/mol. The maximum Gasteiger partial charge on any atom is 0.243 e. The third-order valence-corrected chi connectivity index (χ3v) is 4.27. The summed E-state index contributed by atoms with van der Waals surface area (Å²) in [6.45, 7) is 6.56. The van der Waals surface area contributed by atoms with Crippen LogP contribution in [0.2, 0.25) is 0 Å². The van der Waals surface area contributed by atoms with Gasteiger partial charge < -0.3 is 9.80 Å². The van der Waals surface area contributed by atoms with Crippen LogP contribution in [0, 0.1) is 22.7 Å². The average Bonchev–Trinajstić information content (AvgIpc) is 2.68. The zero-order valence-corrected chi connectivity index (χ0v) is 14.2. The first-order valence-corrected chi connectivity index (χ1v) is 8.26. The van der Waals surface area contributed by atoms with Crippen LogP contribution in [-0.4, -0.2) is 49.4 Å². The Morgan fingerprint density at radius 2 is 1.71 bits per heavy atom. The smallest absolute Gasteiger partial charge is 0.243 e. The Morgan fingerprint density at radius 1 is 1.14 bits per heavy atom. The summed E-state index contributed by atoms with van der Waals surface area (Å²) in [4.78, 5) is 17.1. The lowest BCUT2D eigenvalue weighted by atomic mass is 9.80. The molecule has 1 saturated carbocycles. The van der Waals surface area contributed by atoms with Crippen LogP contribution in [0.3, 0.4) is 0 Å². The van der Waals surface area contributed by atoms with Gasteiger partial charge in [-0.2, -0.15) is 5.26 Å². The molecule has 1 amide bonds. The number of carbonyl (C=O) groups excluding carboxylic acids is 1. The fraction of sp³-hybridized carbons (Fsp3) is 0.882. The Labute approximate surface area is 130 Å². The lowest BCUT2D eigenvalue weighted by molar-refractivity contribution is -0.140. The van der Waals surface area contributed by atoms with Crippen molar-refractivity contribution in [3.05, 3.63) is 0 Å². The van der Waals surface area contributed by atoms with E-state index in [1.807, 2.05) is 19.0 Å². The highest BCUT2D eigenvalue weighted by molar-refractivity contribution is 5.85. The van der Waals surface area contributed by atoms with Crippen molar-refractivity contribution in [2.75, 3.05) is 33.7 Å². The van der Waals surface area contributed by atoms with Crippen molar-refractivity contribution in [2.24, 2.45) is 11.3 Å². The van der Waals surface area contributed by atoms with Gasteiger partial charge in [-0.25, -0.2) is 0 Å². The van der Waals surface area contributed by atoms with E-state index in [1.54, 1.807) is 0 Å². The van der Waals surface area contributed by atoms with Gasteiger partial charge in [0.25, 0.3) is 0 Å². The van der Waals surface area contributed by atoms with Crippen molar-refractivity contribution in [3.63, 3.8) is 0 Å². The molecule has 0 unspecified atom stereocenters. The molecule has 0 saturated heterocycles. The van der Waals surface area contributed by atoms with Crippen LogP contribution in [0.4, 0.5) is 0 Å². The first-order chi connectivity index (χ1) is 9.91. The minimum Gasteiger partial charge on any atom is -0.340 e. The second-order valence-corrected chi connectivity index (χ2v) is 7.06. The minimum absolute atomic E-state index is 0.0717. The van der Waals surface area contributed by atoms with E-state index in [0.29, 0.717) is 12.5 Å². The molecule has 1 aliphatic carbocycles. The molecule has 0 aromatic rings. The van der Waals surface area contributed by atoms with Gasteiger partial charge in [0, 0.05) is 19.6 Å². The van der Waals surface area contributed by atoms with Gasteiger partial charge in [-0.1, -0.05) is 39.5 Å². The molecule has 1 fully saturated rings. The Bertz CT molecular complexity index is 363. The third-order valence-electron chi connectivity index (χ3n) is 4.27. The number of hydrogen-bond acceptors (Lipinski definition) is 3. The van der Waals surface area contributed by atoms with Gasteiger partial charge in [-0.05, 0) is 32.9 Å². The predicted octanol–water partition coefficient (Wildman–Crippen LogP) is 2.90. The van der Waals surface area contributed by atoms with Crippen LogP contribution < -0.4 is 0 Å². The fourth-order valence-electron chi connectivity index (χ4n) is 3.05. The van der Waals surface area contributed by atoms with Crippen molar-refractivity contribution < 1.29 is 4.79 Å². The normalized spacial score (nSPS) is 18.3. The Morgan fingerprint density at radius 3 is 2.14 bits per heavy atom. The molecule has 4 nitrogen and oxygen atoms in total. The van der Waals surface area contributed by atoms with E-state index in [4.69, 9.17) is 0 Å². The summed E-state index contributed by atoms with van der Waals surface area (Å²) in [7, 11) is 4.04. The topological polar surface area (TPSA) is 47.3 Å². The molecule has 0 radical (unpaired) electrons. The predicted molar refractivity (Wildman–Crippen MR) is 85.7 cm³/mol. The van der Waals surface area contributed by atoms with E-state index in [0.717, 1.165) is 51.6 Å². The van der Waals surface area contributed by atoms with E-state index in [1.165, 1.54) is 0 Å². The summed E-state index contributed by atoms with van der Waals surface area (Å²) in [6.07, 6.45) is 5.78. The standard InChI is InChI=1S/C17H31N3O/c1-15(2)13-20(12-11-19(3)4)16(21)17(14-18)9-7-5-6-8-10-17/h15H,5-13H2,1-4H3. The maximum absolute atomic E-state index is 13.0. The highest BCUT2D eigenvalue weighted by Crippen LogP contribution is 2.36. The molecular formula is C17H31N3O. The molecule has 0 heterocycles. The molecule has 4 heteroatoms. The molecule has 21 heavy (non-hydrogen) atoms. The van der Waals surface area contributed by atoms with Gasteiger partial charge >= 0.3 is 0 Å². The van der Waals surface area contributed by atoms with E-state index in [2.05, 4.69) is 24.8 Å². The lowest BCUT2D eigenvalue weighted by Gasteiger charge is -2.33. The summed E-state index contributed by atoms with van der Waals surface area (Å²) in [5.74, 6) is 0.500. The molecule has 0 aliphatic heterocycles. The average molecular weight is 293 g/mol. The zero-order chi connectivity index (χ0) is 15.9. The number of carbonyl (C=O) groups is 1. The number of likely N-dealkylation sites (N-methyl/N-ethyl adjacent to an activating group) is 1. The number of hydrogen-bond donors (Lipinski definition) is 0. The Hall–Kier alpha value is -1.08. The largest absolute Gasteiger partial charge is 0.340 e. The quantitative estimate of drug-likeness (QED) is 0.707. The van der Waals surface area contributed by atoms with E-state index in [9.17, 15) is 10.1 Å². The molecule has 120 valence electrons. The maximum atomic E-state index is 13.0. The molecule has 0 aromatic carbocycles. The van der Waals surface area contributed by atoms with Crippen LogP contribution in [0.5, 0.6) is 0 Å². The second-order valence-electron chi connectivity index (χ2n) is 7.06. The van der Waals surface area contributed by atoms with Crippen molar-refractivity contribution in [3.8, 4) is 6.07 Å². The van der Waals surface area contributed by atoms with E-state index < -0.39 is 5.41 Å². The Balaban J connectivity index is 2.86. The van der Waals surface area contributed by atoms with Gasteiger partial charge in [0.2, 0.25) is 5.91 Å². The molecule has 1 aliphatic rings. The molecule has 0 bridgehead atoms. The summed E-state index contributed by atoms with van der Waals surface area (Å²) in [5.41, 5.74) is -0.766. The van der Waals surface area contributed by atoms with Crippen LogP contribution in [0.15, 0.2) is 0 Å². The number of nitriles is 1. The van der Waals surface area contributed by atoms with Gasteiger partial charge in [0.05, 0.1) is 6.07 Å². The first kappa shape index (κ1) is 18.0. The summed E-state index contributed by atoms with van der Waals surface area (Å²) in [6, 6.07) is 2.39. The number of rotatable bonds is 6. The van der Waals surface area contributed by atoms with Crippen molar-refractivity contribution >= 4 is 5.91 Å². The zero-order valence-electron chi connectivity index (χ0n) is 14.2. The number of nitrogens with zero attached hydrogens (tertiary/aromatic N) is 3. The molecule has 0 spiro atoms. The molecule has 0 atom stereocenters.